The van der Waals surface area contributed by atoms with Crippen molar-refractivity contribution in [1.82, 2.24) is 15.2 Å². The molecule has 0 bridgehead atoms. The van der Waals surface area contributed by atoms with Gasteiger partial charge >= 0.3 is 12.0 Å². The molecule has 1 aliphatic heterocycles. The Balaban J connectivity index is 1.51. The molecule has 2 aromatic rings. The lowest BCUT2D eigenvalue weighted by atomic mass is 10.1. The molecule has 1 aromatic heterocycles. The van der Waals surface area contributed by atoms with Gasteiger partial charge in [0.15, 0.2) is 6.10 Å². The molecule has 2 N–H and O–H groups in total. The average Bonchev–Trinajstić information content (AvgIpc) is 3.14. The van der Waals surface area contributed by atoms with Crippen LogP contribution in [0, 0.1) is 0 Å². The van der Waals surface area contributed by atoms with Crippen molar-refractivity contribution in [2.45, 2.75) is 45.3 Å². The molecule has 0 unspecified atom stereocenters. The molecule has 2 heterocycles. The molecular weight excluding hydrogens is 362 g/mol. The minimum atomic E-state index is -0.933. The molecule has 1 aliphatic rings. The lowest BCUT2D eigenvalue weighted by molar-refractivity contribution is -0.146. The number of carbonyl (C=O) groups excluding carboxylic acids is 4. The van der Waals surface area contributed by atoms with Gasteiger partial charge in [-0.05, 0) is 33.3 Å². The highest BCUT2D eigenvalue weighted by atomic mass is 16.5. The summed E-state index contributed by atoms with van der Waals surface area (Å²) in [5.74, 6) is -1.16. The summed E-state index contributed by atoms with van der Waals surface area (Å²) < 4.78 is 5.24. The molecule has 28 heavy (non-hydrogen) atoms. The van der Waals surface area contributed by atoms with Crippen LogP contribution < -0.4 is 5.32 Å². The van der Waals surface area contributed by atoms with Crippen molar-refractivity contribution in [1.29, 1.82) is 0 Å². The van der Waals surface area contributed by atoms with E-state index in [1.807, 2.05) is 24.3 Å². The van der Waals surface area contributed by atoms with Crippen LogP contribution in [0.5, 0.6) is 0 Å². The molecule has 148 valence electrons. The van der Waals surface area contributed by atoms with Crippen molar-refractivity contribution in [3.05, 3.63) is 36.0 Å². The van der Waals surface area contributed by atoms with Crippen molar-refractivity contribution in [3.63, 3.8) is 0 Å². The number of rotatable bonds is 7. The van der Waals surface area contributed by atoms with Gasteiger partial charge in [0.25, 0.3) is 5.91 Å². The van der Waals surface area contributed by atoms with Gasteiger partial charge in [0.1, 0.15) is 5.54 Å². The Hall–Kier alpha value is -3.16. The maximum Gasteiger partial charge on any atom is 0.325 e. The average molecular weight is 385 g/mol. The van der Waals surface area contributed by atoms with E-state index in [4.69, 9.17) is 4.74 Å². The van der Waals surface area contributed by atoms with Gasteiger partial charge in [0.05, 0.1) is 0 Å². The second-order valence-electron chi connectivity index (χ2n) is 7.36. The highest BCUT2D eigenvalue weighted by Gasteiger charge is 2.43. The Morgan fingerprint density at radius 2 is 1.93 bits per heavy atom. The van der Waals surface area contributed by atoms with Crippen molar-refractivity contribution in [2.75, 3.05) is 6.54 Å². The number of hydrogen-bond acceptors (Lipinski definition) is 5. The van der Waals surface area contributed by atoms with Gasteiger partial charge in [-0.2, -0.15) is 0 Å². The van der Waals surface area contributed by atoms with Crippen LogP contribution in [0.4, 0.5) is 4.79 Å². The topological polar surface area (TPSA) is 109 Å². The van der Waals surface area contributed by atoms with Crippen molar-refractivity contribution in [2.24, 2.45) is 0 Å². The molecule has 0 radical (unpaired) electrons. The first-order valence-corrected chi connectivity index (χ1v) is 9.14. The van der Waals surface area contributed by atoms with Crippen molar-refractivity contribution < 1.29 is 23.9 Å². The SMILES string of the molecule is C[C@H](OC(=O)CCCN1C(=O)NC(C)(C)C1=O)C(=O)c1c[nH]c2ccccc12. The largest absolute Gasteiger partial charge is 0.454 e. The van der Waals surface area contributed by atoms with Crippen LogP contribution in [0.3, 0.4) is 0 Å². The Morgan fingerprint density at radius 1 is 1.21 bits per heavy atom. The summed E-state index contributed by atoms with van der Waals surface area (Å²) in [5, 5.41) is 3.36. The third-order valence-corrected chi connectivity index (χ3v) is 4.74. The Labute approximate surface area is 162 Å². The number of ether oxygens (including phenoxy) is 1. The lowest BCUT2D eigenvalue weighted by Gasteiger charge is -2.16. The number of H-pyrrole nitrogens is 1. The molecule has 1 saturated heterocycles. The van der Waals surface area contributed by atoms with Gasteiger partial charge in [0, 0.05) is 35.6 Å². The van der Waals surface area contributed by atoms with Crippen LogP contribution in [0.2, 0.25) is 0 Å². The zero-order chi connectivity index (χ0) is 20.5. The van der Waals surface area contributed by atoms with E-state index >= 15 is 0 Å². The molecule has 0 aliphatic carbocycles. The predicted molar refractivity (Wildman–Crippen MR) is 102 cm³/mol. The third-order valence-electron chi connectivity index (χ3n) is 4.74. The minimum absolute atomic E-state index is 0.00297. The summed E-state index contributed by atoms with van der Waals surface area (Å²) in [6.07, 6.45) is 0.948. The van der Waals surface area contributed by atoms with Gasteiger partial charge in [-0.15, -0.1) is 0 Å². The fraction of sp³-hybridized carbons (Fsp3) is 0.400. The number of hydrogen-bond donors (Lipinski definition) is 2. The van der Waals surface area contributed by atoms with Gasteiger partial charge in [-0.25, -0.2) is 4.79 Å². The van der Waals surface area contributed by atoms with E-state index in [9.17, 15) is 19.2 Å². The summed E-state index contributed by atoms with van der Waals surface area (Å²) in [4.78, 5) is 52.7. The molecule has 0 spiro atoms. The molecule has 8 heteroatoms. The number of aromatic amines is 1. The number of carbonyl (C=O) groups is 4. The van der Waals surface area contributed by atoms with Gasteiger partial charge < -0.3 is 15.0 Å². The highest BCUT2D eigenvalue weighted by molar-refractivity contribution is 6.10. The lowest BCUT2D eigenvalue weighted by Crippen LogP contribution is -2.40. The summed E-state index contributed by atoms with van der Waals surface area (Å²) in [6.45, 7) is 4.90. The van der Waals surface area contributed by atoms with E-state index in [1.54, 1.807) is 20.0 Å². The first-order chi connectivity index (χ1) is 13.2. The number of ketones is 1. The minimum Gasteiger partial charge on any atom is -0.454 e. The standard InChI is InChI=1S/C20H23N3O5/c1-12(17(25)14-11-21-15-8-5-4-7-13(14)15)28-16(24)9-6-10-23-18(26)20(2,3)22-19(23)27/h4-5,7-8,11-12,21H,6,9-10H2,1-3H3,(H,22,27)/t12-/m0/s1. The van der Waals surface area contributed by atoms with Gasteiger partial charge in [-0.1, -0.05) is 18.2 Å². The number of imide groups is 1. The quantitative estimate of drug-likeness (QED) is 0.432. The summed E-state index contributed by atoms with van der Waals surface area (Å²) in [7, 11) is 0. The number of Topliss-reactive ketones (excluding diaryl/α,β-unsaturated/α-hetero) is 1. The number of esters is 1. The predicted octanol–water partition coefficient (Wildman–Crippen LogP) is 2.39. The maximum absolute atomic E-state index is 12.6. The van der Waals surface area contributed by atoms with Crippen molar-refractivity contribution in [3.8, 4) is 0 Å². The summed E-state index contributed by atoms with van der Waals surface area (Å²) in [6, 6.07) is 6.92. The van der Waals surface area contributed by atoms with Crippen LogP contribution in [-0.4, -0.2) is 51.8 Å². The smallest absolute Gasteiger partial charge is 0.325 e. The van der Waals surface area contributed by atoms with Gasteiger partial charge in [0.2, 0.25) is 5.78 Å². The Kier molecular flexibility index (Phi) is 5.22. The van der Waals surface area contributed by atoms with Crippen LogP contribution >= 0.6 is 0 Å². The number of fused-ring (bicyclic) bond motifs is 1. The maximum atomic E-state index is 12.6. The number of para-hydroxylation sites is 1. The molecule has 1 atom stereocenters. The molecule has 1 fully saturated rings. The number of amides is 3. The second-order valence-corrected chi connectivity index (χ2v) is 7.36. The van der Waals surface area contributed by atoms with E-state index in [0.29, 0.717) is 5.56 Å². The zero-order valence-electron chi connectivity index (χ0n) is 16.1. The zero-order valence-corrected chi connectivity index (χ0v) is 16.1. The van der Waals surface area contributed by atoms with Crippen LogP contribution in [0.15, 0.2) is 30.5 Å². The fourth-order valence-corrected chi connectivity index (χ4v) is 3.21. The third kappa shape index (κ3) is 3.76. The Morgan fingerprint density at radius 3 is 2.61 bits per heavy atom. The monoisotopic (exact) mass is 385 g/mol. The fourth-order valence-electron chi connectivity index (χ4n) is 3.21. The van der Waals surface area contributed by atoms with Crippen LogP contribution in [0.25, 0.3) is 10.9 Å². The summed E-state index contributed by atoms with van der Waals surface area (Å²) >= 11 is 0. The Bertz CT molecular complexity index is 946. The highest BCUT2D eigenvalue weighted by Crippen LogP contribution is 2.20. The molecule has 0 saturated carbocycles. The second kappa shape index (κ2) is 7.46. The normalized spacial score (nSPS) is 16.9. The molecule has 8 nitrogen and oxygen atoms in total. The van der Waals surface area contributed by atoms with E-state index in [2.05, 4.69) is 10.3 Å². The van der Waals surface area contributed by atoms with Gasteiger partial charge in [-0.3, -0.25) is 19.3 Å². The van der Waals surface area contributed by atoms with E-state index < -0.39 is 23.6 Å². The first-order valence-electron chi connectivity index (χ1n) is 9.14. The summed E-state index contributed by atoms with van der Waals surface area (Å²) in [5.41, 5.74) is 0.371. The molecule has 3 amide bonds. The van der Waals surface area contributed by atoms with E-state index in [0.717, 1.165) is 15.8 Å². The van der Waals surface area contributed by atoms with Crippen molar-refractivity contribution >= 4 is 34.6 Å². The number of urea groups is 1. The number of nitrogens with zero attached hydrogens (tertiary/aromatic N) is 1. The molecule has 1 aromatic carbocycles. The van der Waals surface area contributed by atoms with E-state index in [-0.39, 0.29) is 31.1 Å². The van der Waals surface area contributed by atoms with Crippen LogP contribution in [0.1, 0.15) is 44.0 Å². The number of aromatic nitrogens is 1. The number of benzene rings is 1. The molecular formula is C20H23N3O5. The molecule has 3 rings (SSSR count). The number of nitrogens with one attached hydrogen (secondary N) is 2. The van der Waals surface area contributed by atoms with Crippen LogP contribution in [-0.2, 0) is 14.3 Å². The van der Waals surface area contributed by atoms with E-state index in [1.165, 1.54) is 6.92 Å². The first kappa shape index (κ1) is 19.6.